The van der Waals surface area contributed by atoms with Gasteiger partial charge in [-0.05, 0) is 16.7 Å². The second-order valence-electron chi connectivity index (χ2n) is 7.64. The SMILES string of the molecule is N#CC1=CN(Cc2ccccc2)C=C(/C=N\n2cnc3scc(-c4ccccc4)c3c2=O)C1. The molecule has 4 aromatic rings. The smallest absolute Gasteiger partial charge is 0.283 e. The molecule has 0 spiro atoms. The lowest BCUT2D eigenvalue weighted by molar-refractivity contribution is 0.487. The van der Waals surface area contributed by atoms with Crippen LogP contribution in [0.5, 0.6) is 0 Å². The number of thiophene rings is 1. The van der Waals surface area contributed by atoms with E-state index in [1.807, 2.05) is 83.3 Å². The molecule has 5 rings (SSSR count). The summed E-state index contributed by atoms with van der Waals surface area (Å²) < 4.78 is 1.26. The van der Waals surface area contributed by atoms with Gasteiger partial charge in [-0.3, -0.25) is 4.79 Å². The van der Waals surface area contributed by atoms with Crippen molar-refractivity contribution in [2.24, 2.45) is 5.10 Å². The van der Waals surface area contributed by atoms with Gasteiger partial charge in [0.05, 0.1) is 23.2 Å². The molecule has 0 fully saturated rings. The first-order valence-electron chi connectivity index (χ1n) is 10.4. The van der Waals surface area contributed by atoms with Crippen molar-refractivity contribution in [3.8, 4) is 17.2 Å². The molecule has 2 aromatic heterocycles. The first kappa shape index (κ1) is 20.6. The van der Waals surface area contributed by atoms with E-state index in [4.69, 9.17) is 0 Å². The Morgan fingerprint density at radius 1 is 1.09 bits per heavy atom. The van der Waals surface area contributed by atoms with Crippen LogP contribution in [0.4, 0.5) is 0 Å². The Balaban J connectivity index is 1.46. The van der Waals surface area contributed by atoms with E-state index in [0.717, 1.165) is 22.3 Å². The summed E-state index contributed by atoms with van der Waals surface area (Å²) in [5, 5.41) is 16.4. The molecule has 0 saturated carbocycles. The predicted octanol–water partition coefficient (Wildman–Crippen LogP) is 5.16. The molecule has 0 atom stereocenters. The average molecular weight is 450 g/mol. The second-order valence-corrected chi connectivity index (χ2v) is 8.50. The maximum absolute atomic E-state index is 13.2. The Hall–Kier alpha value is -4.28. The van der Waals surface area contributed by atoms with Crippen molar-refractivity contribution >= 4 is 27.8 Å². The van der Waals surface area contributed by atoms with Crippen LogP contribution in [0.3, 0.4) is 0 Å². The van der Waals surface area contributed by atoms with Gasteiger partial charge in [0.15, 0.2) is 0 Å². The van der Waals surface area contributed by atoms with Crippen LogP contribution in [0, 0.1) is 11.3 Å². The fourth-order valence-corrected chi connectivity index (χ4v) is 4.67. The van der Waals surface area contributed by atoms with Gasteiger partial charge < -0.3 is 4.90 Å². The Morgan fingerprint density at radius 3 is 2.61 bits per heavy atom. The van der Waals surface area contributed by atoms with E-state index in [0.29, 0.717) is 28.8 Å². The van der Waals surface area contributed by atoms with Crippen LogP contribution in [0.2, 0.25) is 0 Å². The van der Waals surface area contributed by atoms with Crippen molar-refractivity contribution in [3.05, 3.63) is 112 Å². The number of allylic oxidation sites excluding steroid dienone is 2. The van der Waals surface area contributed by atoms with Crippen molar-refractivity contribution in [2.75, 3.05) is 0 Å². The second kappa shape index (κ2) is 9.07. The number of hydrogen-bond acceptors (Lipinski definition) is 6. The third-order valence-electron chi connectivity index (χ3n) is 5.31. The third-order valence-corrected chi connectivity index (χ3v) is 6.20. The quantitative estimate of drug-likeness (QED) is 0.395. The zero-order valence-electron chi connectivity index (χ0n) is 17.6. The summed E-state index contributed by atoms with van der Waals surface area (Å²) in [6.07, 6.45) is 7.34. The standard InChI is InChI=1S/C26H19N5OS/c27-12-20-11-21(16-30(15-20)14-19-7-3-1-4-8-19)13-29-31-18-28-25-24(26(31)32)23(17-33-25)22-9-5-2-6-10-22/h1-10,13,15-18H,11,14H2/b29-13-. The minimum Gasteiger partial charge on any atom is -0.349 e. The van der Waals surface area contributed by atoms with Gasteiger partial charge in [0.1, 0.15) is 11.2 Å². The lowest BCUT2D eigenvalue weighted by atomic mass is 10.1. The van der Waals surface area contributed by atoms with Gasteiger partial charge >= 0.3 is 0 Å². The third kappa shape index (κ3) is 4.38. The maximum atomic E-state index is 13.2. The van der Waals surface area contributed by atoms with E-state index in [1.54, 1.807) is 6.21 Å². The molecule has 0 bridgehead atoms. The molecule has 160 valence electrons. The van der Waals surface area contributed by atoms with Crippen LogP contribution < -0.4 is 5.56 Å². The van der Waals surface area contributed by atoms with Gasteiger partial charge in [-0.15, -0.1) is 11.3 Å². The topological polar surface area (TPSA) is 74.3 Å². The molecular formula is C26H19N5OS. The van der Waals surface area contributed by atoms with Crippen LogP contribution in [-0.2, 0) is 6.54 Å². The summed E-state index contributed by atoms with van der Waals surface area (Å²) in [6, 6.07) is 22.1. The van der Waals surface area contributed by atoms with Gasteiger partial charge in [-0.2, -0.15) is 15.0 Å². The van der Waals surface area contributed by atoms with E-state index < -0.39 is 0 Å². The van der Waals surface area contributed by atoms with Gasteiger partial charge in [-0.1, -0.05) is 60.7 Å². The van der Waals surface area contributed by atoms with Gasteiger partial charge in [0.25, 0.3) is 5.56 Å². The molecule has 0 unspecified atom stereocenters. The summed E-state index contributed by atoms with van der Waals surface area (Å²) in [6.45, 7) is 0.645. The van der Waals surface area contributed by atoms with Gasteiger partial charge in [0.2, 0.25) is 0 Å². The molecule has 0 radical (unpaired) electrons. The summed E-state index contributed by atoms with van der Waals surface area (Å²) in [4.78, 5) is 20.3. The largest absolute Gasteiger partial charge is 0.349 e. The first-order chi connectivity index (χ1) is 16.2. The molecule has 0 aliphatic carbocycles. The highest BCUT2D eigenvalue weighted by atomic mass is 32.1. The molecule has 2 aromatic carbocycles. The number of nitrogens with zero attached hydrogens (tertiary/aromatic N) is 5. The number of nitriles is 1. The van der Waals surface area contributed by atoms with E-state index >= 15 is 0 Å². The Kier molecular flexibility index (Phi) is 5.66. The van der Waals surface area contributed by atoms with Gasteiger partial charge in [-0.25, -0.2) is 4.98 Å². The minimum absolute atomic E-state index is 0.218. The molecule has 0 saturated heterocycles. The number of aromatic nitrogens is 2. The van der Waals surface area contributed by atoms with Crippen molar-refractivity contribution in [3.63, 3.8) is 0 Å². The lowest BCUT2D eigenvalue weighted by Crippen LogP contribution is -2.18. The van der Waals surface area contributed by atoms with E-state index in [1.165, 1.54) is 22.3 Å². The number of benzene rings is 2. The number of rotatable bonds is 5. The highest BCUT2D eigenvalue weighted by molar-refractivity contribution is 7.17. The molecule has 1 aliphatic heterocycles. The van der Waals surface area contributed by atoms with Crippen LogP contribution in [0.1, 0.15) is 12.0 Å². The average Bonchev–Trinajstić information content (AvgIpc) is 3.30. The molecule has 7 heteroatoms. The zero-order valence-corrected chi connectivity index (χ0v) is 18.4. The Morgan fingerprint density at radius 2 is 1.85 bits per heavy atom. The van der Waals surface area contributed by atoms with Crippen LogP contribution in [-0.4, -0.2) is 20.8 Å². The molecule has 0 N–H and O–H groups in total. The first-order valence-corrected chi connectivity index (χ1v) is 11.3. The Bertz CT molecular complexity index is 1490. The monoisotopic (exact) mass is 449 g/mol. The van der Waals surface area contributed by atoms with Crippen molar-refractivity contribution < 1.29 is 0 Å². The molecule has 1 aliphatic rings. The Labute approximate surface area is 194 Å². The zero-order chi connectivity index (χ0) is 22.6. The molecular weight excluding hydrogens is 430 g/mol. The van der Waals surface area contributed by atoms with Crippen molar-refractivity contribution in [1.29, 1.82) is 5.26 Å². The van der Waals surface area contributed by atoms with Crippen LogP contribution in [0.25, 0.3) is 21.3 Å². The number of hydrogen-bond donors (Lipinski definition) is 0. The lowest BCUT2D eigenvalue weighted by Gasteiger charge is -2.21. The van der Waals surface area contributed by atoms with E-state index in [-0.39, 0.29) is 5.56 Å². The van der Waals surface area contributed by atoms with Crippen molar-refractivity contribution in [2.45, 2.75) is 13.0 Å². The fraction of sp³-hybridized carbons (Fsp3) is 0.0769. The van der Waals surface area contributed by atoms with Gasteiger partial charge in [0, 0.05) is 36.3 Å². The molecule has 3 heterocycles. The number of fused-ring (bicyclic) bond motifs is 1. The van der Waals surface area contributed by atoms with Crippen molar-refractivity contribution in [1.82, 2.24) is 14.6 Å². The molecule has 0 amide bonds. The van der Waals surface area contributed by atoms with Crippen LogP contribution in [0.15, 0.2) is 106 Å². The van der Waals surface area contributed by atoms with Crippen LogP contribution >= 0.6 is 11.3 Å². The normalized spacial score (nSPS) is 13.7. The summed E-state index contributed by atoms with van der Waals surface area (Å²) >= 11 is 1.44. The summed E-state index contributed by atoms with van der Waals surface area (Å²) in [5.41, 5.74) is 4.23. The summed E-state index contributed by atoms with van der Waals surface area (Å²) in [5.74, 6) is 0. The summed E-state index contributed by atoms with van der Waals surface area (Å²) in [7, 11) is 0. The van der Waals surface area contributed by atoms with E-state index in [2.05, 4.69) is 16.2 Å². The maximum Gasteiger partial charge on any atom is 0.283 e. The fourth-order valence-electron chi connectivity index (χ4n) is 3.77. The highest BCUT2D eigenvalue weighted by Gasteiger charge is 2.14. The minimum atomic E-state index is -0.218. The molecule has 33 heavy (non-hydrogen) atoms. The van der Waals surface area contributed by atoms with E-state index in [9.17, 15) is 10.1 Å². The highest BCUT2D eigenvalue weighted by Crippen LogP contribution is 2.30. The predicted molar refractivity (Wildman–Crippen MR) is 132 cm³/mol. The molecule has 6 nitrogen and oxygen atoms in total.